The van der Waals surface area contributed by atoms with Crippen molar-refractivity contribution in [3.63, 3.8) is 0 Å². The van der Waals surface area contributed by atoms with E-state index in [1.807, 2.05) is 6.07 Å². The number of primary amides is 1. The lowest BCUT2D eigenvalue weighted by atomic mass is 10.00. The van der Waals surface area contributed by atoms with E-state index in [1.165, 1.54) is 23.1 Å². The molecule has 2 aromatic carbocycles. The molecule has 0 aliphatic carbocycles. The summed E-state index contributed by atoms with van der Waals surface area (Å²) in [6.45, 7) is 11.8. The zero-order chi connectivity index (χ0) is 33.9. The van der Waals surface area contributed by atoms with Gasteiger partial charge in [-0.25, -0.2) is 9.59 Å². The molecule has 0 aliphatic heterocycles. The molecule has 45 heavy (non-hydrogen) atoms. The van der Waals surface area contributed by atoms with E-state index >= 15 is 0 Å². The molecule has 0 aromatic heterocycles. The molecule has 0 spiro atoms. The van der Waals surface area contributed by atoms with E-state index in [-0.39, 0.29) is 24.3 Å². The fourth-order valence-electron chi connectivity index (χ4n) is 4.49. The van der Waals surface area contributed by atoms with Crippen LogP contribution in [0.1, 0.15) is 78.5 Å². The van der Waals surface area contributed by atoms with Crippen LogP contribution in [0, 0.1) is 0 Å². The number of alkyl carbamates (subject to hydrolysis) is 1. The van der Waals surface area contributed by atoms with E-state index in [1.54, 1.807) is 78.8 Å². The lowest BCUT2D eigenvalue weighted by Crippen LogP contribution is -2.55. The van der Waals surface area contributed by atoms with Crippen LogP contribution < -0.4 is 16.4 Å². The molecule has 0 aliphatic rings. The third-order valence-corrected chi connectivity index (χ3v) is 6.18. The van der Waals surface area contributed by atoms with Crippen LogP contribution in [0.2, 0.25) is 0 Å². The van der Waals surface area contributed by atoms with Gasteiger partial charge in [-0.3, -0.25) is 14.4 Å². The molecule has 2 aromatic rings. The number of nitrogens with two attached hydrogens (primary N) is 1. The minimum atomic E-state index is -1.47. The van der Waals surface area contributed by atoms with Crippen LogP contribution in [0.25, 0.3) is 0 Å². The molecule has 4 amide bonds. The van der Waals surface area contributed by atoms with Gasteiger partial charge in [0.15, 0.2) is 0 Å². The van der Waals surface area contributed by atoms with Gasteiger partial charge in [0.1, 0.15) is 35.1 Å². The smallest absolute Gasteiger partial charge is 0.408 e. The second-order valence-corrected chi connectivity index (χ2v) is 12.7. The molecule has 5 N–H and O–H groups in total. The number of carbonyl (C=O) groups excluding carboxylic acids is 5. The van der Waals surface area contributed by atoms with Crippen molar-refractivity contribution in [3.8, 4) is 5.75 Å². The third-order valence-electron chi connectivity index (χ3n) is 6.18. The summed E-state index contributed by atoms with van der Waals surface area (Å²) < 4.78 is 10.9. The number of nitrogens with zero attached hydrogens (tertiary/aromatic N) is 1. The van der Waals surface area contributed by atoms with Crippen molar-refractivity contribution >= 4 is 29.8 Å². The molecule has 0 saturated carbocycles. The number of nitrogens with one attached hydrogen (secondary N) is 2. The van der Waals surface area contributed by atoms with Gasteiger partial charge in [-0.15, -0.1) is 0 Å². The van der Waals surface area contributed by atoms with Crippen molar-refractivity contribution in [1.29, 1.82) is 0 Å². The van der Waals surface area contributed by atoms with Crippen molar-refractivity contribution in [2.75, 3.05) is 6.54 Å². The quantitative estimate of drug-likeness (QED) is 0.244. The molecular formula is C33H46N4O8. The SMILES string of the molecule is CCCN(C(=O)C(CC(N)=O)NC(=O)OC(C)(C)C)C(C(=O)NC(Cc1ccccc1)C(=O)OC(C)(C)C)c1cccc(O)c1. The van der Waals surface area contributed by atoms with Crippen LogP contribution in [0.4, 0.5) is 4.79 Å². The number of esters is 1. The average molecular weight is 627 g/mol. The Morgan fingerprint density at radius 3 is 2.02 bits per heavy atom. The van der Waals surface area contributed by atoms with Crippen LogP contribution in [0.15, 0.2) is 54.6 Å². The molecule has 12 heteroatoms. The van der Waals surface area contributed by atoms with Crippen molar-refractivity contribution in [2.45, 2.75) is 97.1 Å². The molecule has 3 unspecified atom stereocenters. The van der Waals surface area contributed by atoms with Crippen molar-refractivity contribution in [3.05, 3.63) is 65.7 Å². The van der Waals surface area contributed by atoms with Gasteiger partial charge in [0.25, 0.3) is 0 Å². The fourth-order valence-corrected chi connectivity index (χ4v) is 4.49. The zero-order valence-electron chi connectivity index (χ0n) is 27.1. The van der Waals surface area contributed by atoms with E-state index in [0.29, 0.717) is 6.42 Å². The molecule has 0 radical (unpaired) electrons. The molecule has 12 nitrogen and oxygen atoms in total. The average Bonchev–Trinajstić information content (AvgIpc) is 2.90. The van der Waals surface area contributed by atoms with Gasteiger partial charge in [-0.05, 0) is 71.2 Å². The van der Waals surface area contributed by atoms with Crippen LogP contribution >= 0.6 is 0 Å². The van der Waals surface area contributed by atoms with E-state index in [2.05, 4.69) is 10.6 Å². The van der Waals surface area contributed by atoms with Crippen LogP contribution in [-0.2, 0) is 35.1 Å². The first-order chi connectivity index (χ1) is 20.9. The summed E-state index contributed by atoms with van der Waals surface area (Å²) in [5, 5.41) is 15.5. The maximum absolute atomic E-state index is 14.2. The number of hydrogen-bond donors (Lipinski definition) is 4. The highest BCUT2D eigenvalue weighted by atomic mass is 16.6. The van der Waals surface area contributed by atoms with Crippen molar-refractivity contribution in [2.24, 2.45) is 5.73 Å². The van der Waals surface area contributed by atoms with Crippen LogP contribution in [-0.4, -0.2) is 69.6 Å². The first-order valence-electron chi connectivity index (χ1n) is 14.8. The third kappa shape index (κ3) is 12.5. The molecule has 0 heterocycles. The maximum Gasteiger partial charge on any atom is 0.408 e. The Balaban J connectivity index is 2.58. The first-order valence-corrected chi connectivity index (χ1v) is 14.8. The Hall–Kier alpha value is -4.61. The predicted molar refractivity (Wildman–Crippen MR) is 168 cm³/mol. The van der Waals surface area contributed by atoms with Crippen molar-refractivity contribution in [1.82, 2.24) is 15.5 Å². The number of hydrogen-bond acceptors (Lipinski definition) is 8. The largest absolute Gasteiger partial charge is 0.508 e. The molecule has 0 bridgehead atoms. The summed E-state index contributed by atoms with van der Waals surface area (Å²) in [5.74, 6) is -3.25. The number of aromatic hydroxyl groups is 1. The van der Waals surface area contributed by atoms with Gasteiger partial charge < -0.3 is 35.8 Å². The predicted octanol–water partition coefficient (Wildman–Crippen LogP) is 3.51. The molecule has 246 valence electrons. The summed E-state index contributed by atoms with van der Waals surface area (Å²) in [4.78, 5) is 67.4. The second kappa shape index (κ2) is 15.9. The van der Waals surface area contributed by atoms with Gasteiger partial charge in [0.05, 0.1) is 6.42 Å². The van der Waals surface area contributed by atoms with Gasteiger partial charge in [-0.1, -0.05) is 49.4 Å². The fraction of sp³-hybridized carbons (Fsp3) is 0.485. The molecule has 0 saturated heterocycles. The number of amides is 4. The summed E-state index contributed by atoms with van der Waals surface area (Å²) in [5.41, 5.74) is 4.68. The van der Waals surface area contributed by atoms with Gasteiger partial charge in [-0.2, -0.15) is 0 Å². The van der Waals surface area contributed by atoms with Crippen LogP contribution in [0.5, 0.6) is 5.75 Å². The number of benzene rings is 2. The monoisotopic (exact) mass is 626 g/mol. The van der Waals surface area contributed by atoms with E-state index in [9.17, 15) is 29.1 Å². The minimum Gasteiger partial charge on any atom is -0.508 e. The lowest BCUT2D eigenvalue weighted by molar-refractivity contribution is -0.159. The summed E-state index contributed by atoms with van der Waals surface area (Å²) in [6, 6.07) is 10.8. The maximum atomic E-state index is 14.2. The minimum absolute atomic E-state index is 0.00757. The Kier molecular flexibility index (Phi) is 12.9. The highest BCUT2D eigenvalue weighted by Gasteiger charge is 2.38. The number of phenolic OH excluding ortho intramolecular Hbond substituents is 1. The normalized spacial score (nSPS) is 13.5. The van der Waals surface area contributed by atoms with Gasteiger partial charge in [0, 0.05) is 13.0 Å². The summed E-state index contributed by atoms with van der Waals surface area (Å²) in [7, 11) is 0. The Labute approximate surface area is 264 Å². The van der Waals surface area contributed by atoms with Crippen LogP contribution in [0.3, 0.4) is 0 Å². The van der Waals surface area contributed by atoms with E-state index in [0.717, 1.165) is 5.56 Å². The summed E-state index contributed by atoms with van der Waals surface area (Å²) >= 11 is 0. The Morgan fingerprint density at radius 2 is 1.49 bits per heavy atom. The number of phenols is 1. The lowest BCUT2D eigenvalue weighted by Gasteiger charge is -2.35. The molecule has 3 atom stereocenters. The Morgan fingerprint density at radius 1 is 0.867 bits per heavy atom. The number of rotatable bonds is 13. The molecule has 2 rings (SSSR count). The summed E-state index contributed by atoms with van der Waals surface area (Å²) in [6.07, 6.45) is -1.05. The van der Waals surface area contributed by atoms with E-state index < -0.39 is 65.5 Å². The number of carbonyl (C=O) groups is 5. The second-order valence-electron chi connectivity index (χ2n) is 12.7. The van der Waals surface area contributed by atoms with Gasteiger partial charge in [0.2, 0.25) is 17.7 Å². The molecule has 0 fully saturated rings. The van der Waals surface area contributed by atoms with E-state index in [4.69, 9.17) is 15.2 Å². The molecular weight excluding hydrogens is 580 g/mol. The number of ether oxygens (including phenoxy) is 2. The highest BCUT2D eigenvalue weighted by Crippen LogP contribution is 2.27. The topological polar surface area (TPSA) is 177 Å². The van der Waals surface area contributed by atoms with Gasteiger partial charge >= 0.3 is 12.1 Å². The van der Waals surface area contributed by atoms with Crippen molar-refractivity contribution < 1.29 is 38.6 Å². The highest BCUT2D eigenvalue weighted by molar-refractivity contribution is 5.95. The Bertz CT molecular complexity index is 1330. The standard InChI is InChI=1S/C33H46N4O8/c1-8-17-37(29(41)24(20-26(34)39)36-31(43)45-33(5,6)7)27(22-15-12-16-23(38)19-22)28(40)35-25(30(42)44-32(2,3)4)18-21-13-10-9-11-14-21/h9-16,19,24-25,27,38H,8,17-18,20H2,1-7H3,(H2,34,39)(H,35,40)(H,36,43). The first kappa shape index (κ1) is 36.6. The zero-order valence-corrected chi connectivity index (χ0v) is 27.1.